The molecule has 1 rings (SSSR count). The highest BCUT2D eigenvalue weighted by atomic mass is 16.2. The first-order chi connectivity index (χ1) is 8.91. The van der Waals surface area contributed by atoms with Gasteiger partial charge in [0.05, 0.1) is 12.6 Å². The van der Waals surface area contributed by atoms with Gasteiger partial charge in [-0.3, -0.25) is 14.9 Å². The van der Waals surface area contributed by atoms with E-state index in [2.05, 4.69) is 10.6 Å². The van der Waals surface area contributed by atoms with Crippen molar-refractivity contribution < 1.29 is 9.59 Å². The highest BCUT2D eigenvalue weighted by Crippen LogP contribution is 2.12. The number of nitrogens with zero attached hydrogens (tertiary/aromatic N) is 1. The van der Waals surface area contributed by atoms with Crippen LogP contribution in [-0.4, -0.2) is 43.4 Å². The Morgan fingerprint density at radius 1 is 1.26 bits per heavy atom. The Morgan fingerprint density at radius 2 is 1.89 bits per heavy atom. The van der Waals surface area contributed by atoms with E-state index in [1.807, 2.05) is 31.2 Å². The average molecular weight is 263 g/mol. The summed E-state index contributed by atoms with van der Waals surface area (Å²) in [5, 5.41) is 5.71. The van der Waals surface area contributed by atoms with E-state index in [0.717, 1.165) is 11.3 Å². The van der Waals surface area contributed by atoms with Gasteiger partial charge in [0.2, 0.25) is 11.8 Å². The number of aryl methyl sites for hydroxylation is 1. The van der Waals surface area contributed by atoms with Gasteiger partial charge in [0, 0.05) is 19.8 Å². The van der Waals surface area contributed by atoms with Crippen LogP contribution in [0.5, 0.6) is 0 Å². The van der Waals surface area contributed by atoms with Crippen LogP contribution in [0.3, 0.4) is 0 Å². The maximum atomic E-state index is 11.8. The lowest BCUT2D eigenvalue weighted by Crippen LogP contribution is -2.44. The number of carbonyl (C=O) groups excluding carboxylic acids is 2. The lowest BCUT2D eigenvalue weighted by Gasteiger charge is -2.18. The Balaban J connectivity index is 2.45. The second kappa shape index (κ2) is 6.89. The van der Waals surface area contributed by atoms with Crippen LogP contribution in [0.1, 0.15) is 12.5 Å². The molecule has 0 aliphatic heterocycles. The van der Waals surface area contributed by atoms with Gasteiger partial charge in [0.15, 0.2) is 0 Å². The van der Waals surface area contributed by atoms with Crippen LogP contribution in [0.4, 0.5) is 5.69 Å². The van der Waals surface area contributed by atoms with Gasteiger partial charge in [-0.25, -0.2) is 0 Å². The smallest absolute Gasteiger partial charge is 0.238 e. The van der Waals surface area contributed by atoms with Crippen molar-refractivity contribution in [2.45, 2.75) is 19.9 Å². The summed E-state index contributed by atoms with van der Waals surface area (Å²) in [6.45, 7) is 3.78. The molecule has 2 N–H and O–H groups in total. The molecule has 0 aromatic heterocycles. The van der Waals surface area contributed by atoms with Gasteiger partial charge >= 0.3 is 0 Å². The van der Waals surface area contributed by atoms with Gasteiger partial charge in [-0.1, -0.05) is 18.2 Å². The van der Waals surface area contributed by atoms with Gasteiger partial charge in [0.1, 0.15) is 0 Å². The predicted octanol–water partition coefficient (Wildman–Crippen LogP) is 1.000. The molecule has 5 heteroatoms. The van der Waals surface area contributed by atoms with Crippen LogP contribution in [0.25, 0.3) is 0 Å². The Bertz CT molecular complexity index is 458. The first-order valence-corrected chi connectivity index (χ1v) is 6.22. The van der Waals surface area contributed by atoms with E-state index < -0.39 is 0 Å². The van der Waals surface area contributed by atoms with E-state index >= 15 is 0 Å². The number of hydrogen-bond donors (Lipinski definition) is 2. The first kappa shape index (κ1) is 15.2. The zero-order valence-corrected chi connectivity index (χ0v) is 11.9. The molecule has 0 heterocycles. The second-order valence-electron chi connectivity index (χ2n) is 4.70. The molecule has 0 spiro atoms. The van der Waals surface area contributed by atoms with Gasteiger partial charge < -0.3 is 10.2 Å². The number of hydrogen-bond acceptors (Lipinski definition) is 3. The Labute approximate surface area is 114 Å². The summed E-state index contributed by atoms with van der Waals surface area (Å²) in [6.07, 6.45) is 0. The molecule has 0 aliphatic carbocycles. The van der Waals surface area contributed by atoms with Gasteiger partial charge in [0.25, 0.3) is 0 Å². The number of amides is 2. The maximum Gasteiger partial charge on any atom is 0.238 e. The quantitative estimate of drug-likeness (QED) is 0.833. The molecule has 0 radical (unpaired) electrons. The van der Waals surface area contributed by atoms with Crippen molar-refractivity contribution in [3.8, 4) is 0 Å². The molecule has 0 fully saturated rings. The lowest BCUT2D eigenvalue weighted by molar-refractivity contribution is -0.130. The minimum Gasteiger partial charge on any atom is -0.347 e. The van der Waals surface area contributed by atoms with Crippen molar-refractivity contribution in [1.29, 1.82) is 0 Å². The summed E-state index contributed by atoms with van der Waals surface area (Å²) in [5.74, 6) is -0.212. The van der Waals surface area contributed by atoms with E-state index in [-0.39, 0.29) is 24.4 Å². The molecule has 1 aromatic rings. The van der Waals surface area contributed by atoms with Crippen LogP contribution in [-0.2, 0) is 9.59 Å². The number of para-hydroxylation sites is 1. The van der Waals surface area contributed by atoms with E-state index in [4.69, 9.17) is 0 Å². The van der Waals surface area contributed by atoms with E-state index in [1.54, 1.807) is 21.0 Å². The summed E-state index contributed by atoms with van der Waals surface area (Å²) in [5.41, 5.74) is 1.80. The molecule has 104 valence electrons. The number of rotatable bonds is 5. The number of likely N-dealkylation sites (N-methyl/N-ethyl adjacent to an activating group) is 1. The monoisotopic (exact) mass is 263 g/mol. The molecular formula is C14H21N3O2. The van der Waals surface area contributed by atoms with Crippen molar-refractivity contribution in [2.24, 2.45) is 0 Å². The predicted molar refractivity (Wildman–Crippen MR) is 76.0 cm³/mol. The summed E-state index contributed by atoms with van der Waals surface area (Å²) in [4.78, 5) is 24.9. The lowest BCUT2D eigenvalue weighted by atomic mass is 10.2. The largest absolute Gasteiger partial charge is 0.347 e. The van der Waals surface area contributed by atoms with Crippen LogP contribution in [0.15, 0.2) is 24.3 Å². The number of benzene rings is 1. The van der Waals surface area contributed by atoms with Crippen molar-refractivity contribution in [3.63, 3.8) is 0 Å². The fourth-order valence-electron chi connectivity index (χ4n) is 1.63. The van der Waals surface area contributed by atoms with Crippen molar-refractivity contribution >= 4 is 17.5 Å². The van der Waals surface area contributed by atoms with Gasteiger partial charge in [-0.15, -0.1) is 0 Å². The molecule has 19 heavy (non-hydrogen) atoms. The number of nitrogens with one attached hydrogen (secondary N) is 2. The topological polar surface area (TPSA) is 61.4 Å². The highest BCUT2D eigenvalue weighted by Gasteiger charge is 2.15. The van der Waals surface area contributed by atoms with Crippen molar-refractivity contribution in [2.75, 3.05) is 26.0 Å². The molecule has 2 amide bonds. The molecule has 0 saturated carbocycles. The second-order valence-corrected chi connectivity index (χ2v) is 4.70. The zero-order chi connectivity index (χ0) is 14.4. The van der Waals surface area contributed by atoms with Crippen LogP contribution >= 0.6 is 0 Å². The summed E-state index contributed by atoms with van der Waals surface area (Å²) < 4.78 is 0. The van der Waals surface area contributed by atoms with E-state index in [9.17, 15) is 9.59 Å². The Kier molecular flexibility index (Phi) is 5.51. The SMILES string of the molecule is Cc1ccccc1NC(=O)CNC(C)C(=O)N(C)C. The van der Waals surface area contributed by atoms with E-state index in [1.165, 1.54) is 4.90 Å². The van der Waals surface area contributed by atoms with Gasteiger partial charge in [-0.05, 0) is 25.5 Å². The molecule has 1 unspecified atom stereocenters. The Hall–Kier alpha value is -1.88. The van der Waals surface area contributed by atoms with Crippen molar-refractivity contribution in [1.82, 2.24) is 10.2 Å². The number of anilines is 1. The molecule has 1 atom stereocenters. The summed E-state index contributed by atoms with van der Waals surface area (Å²) in [7, 11) is 3.38. The maximum absolute atomic E-state index is 11.8. The van der Waals surface area contributed by atoms with Crippen molar-refractivity contribution in [3.05, 3.63) is 29.8 Å². The number of carbonyl (C=O) groups is 2. The molecule has 0 aliphatic rings. The summed E-state index contributed by atoms with van der Waals surface area (Å²) >= 11 is 0. The molecule has 5 nitrogen and oxygen atoms in total. The fraction of sp³-hybridized carbons (Fsp3) is 0.429. The molecule has 0 bridgehead atoms. The zero-order valence-electron chi connectivity index (χ0n) is 11.9. The van der Waals surface area contributed by atoms with Crippen LogP contribution in [0, 0.1) is 6.92 Å². The normalized spacial score (nSPS) is 11.8. The fourth-order valence-corrected chi connectivity index (χ4v) is 1.63. The third-order valence-electron chi connectivity index (χ3n) is 2.80. The van der Waals surface area contributed by atoms with Crippen LogP contribution in [0.2, 0.25) is 0 Å². The first-order valence-electron chi connectivity index (χ1n) is 6.22. The standard InChI is InChI=1S/C14H21N3O2/c1-10-7-5-6-8-12(10)16-13(18)9-15-11(2)14(19)17(3)4/h5-8,11,15H,9H2,1-4H3,(H,16,18). The minimum absolute atomic E-state index is 0.0521. The third-order valence-corrected chi connectivity index (χ3v) is 2.80. The Morgan fingerprint density at radius 3 is 2.47 bits per heavy atom. The molecular weight excluding hydrogens is 242 g/mol. The average Bonchev–Trinajstić information content (AvgIpc) is 2.37. The third kappa shape index (κ3) is 4.71. The minimum atomic E-state index is -0.377. The van der Waals surface area contributed by atoms with Crippen LogP contribution < -0.4 is 10.6 Å². The summed E-state index contributed by atoms with van der Waals surface area (Å²) in [6, 6.07) is 7.19. The van der Waals surface area contributed by atoms with E-state index in [0.29, 0.717) is 0 Å². The highest BCUT2D eigenvalue weighted by molar-refractivity contribution is 5.93. The molecule has 1 aromatic carbocycles. The van der Waals surface area contributed by atoms with Gasteiger partial charge in [-0.2, -0.15) is 0 Å². The molecule has 0 saturated heterocycles.